The van der Waals surface area contributed by atoms with Gasteiger partial charge in [0.1, 0.15) is 0 Å². The molecule has 9 heteroatoms. The fraction of sp³-hybridized carbons (Fsp3) is 0.632. The number of nitrogens with one attached hydrogen (secondary N) is 2. The van der Waals surface area contributed by atoms with E-state index in [0.29, 0.717) is 25.2 Å². The highest BCUT2D eigenvalue weighted by Crippen LogP contribution is 2.26. The molecule has 7 nitrogen and oxygen atoms in total. The largest absolute Gasteiger partial charge is 0.391 e. The molecule has 2 aliphatic rings. The summed E-state index contributed by atoms with van der Waals surface area (Å²) in [6, 6.07) is 6.13. The Hall–Kier alpha value is -1.19. The van der Waals surface area contributed by atoms with Crippen molar-refractivity contribution in [3.63, 3.8) is 0 Å². The molecule has 0 radical (unpaired) electrons. The molecule has 1 aromatic rings. The van der Waals surface area contributed by atoms with Crippen LogP contribution >= 0.6 is 12.4 Å². The molecule has 158 valence electrons. The number of nitrogens with zero attached hydrogens (tertiary/aromatic N) is 1. The summed E-state index contributed by atoms with van der Waals surface area (Å²) < 4.78 is 27.2. The number of halogens is 1. The number of benzene rings is 1. The van der Waals surface area contributed by atoms with Crippen LogP contribution in [0, 0.1) is 5.92 Å². The predicted octanol–water partition coefficient (Wildman–Crippen LogP) is 1.37. The summed E-state index contributed by atoms with van der Waals surface area (Å²) in [5.74, 6) is -0.267. The van der Waals surface area contributed by atoms with Crippen LogP contribution in [0.4, 0.5) is 0 Å². The van der Waals surface area contributed by atoms with Gasteiger partial charge >= 0.3 is 0 Å². The second kappa shape index (κ2) is 10.0. The minimum Gasteiger partial charge on any atom is -0.391 e. The summed E-state index contributed by atoms with van der Waals surface area (Å²) in [7, 11) is -1.91. The molecule has 2 fully saturated rings. The van der Waals surface area contributed by atoms with Gasteiger partial charge in [-0.1, -0.05) is 19.3 Å². The molecule has 1 aliphatic carbocycles. The normalized spacial score (nSPS) is 23.4. The van der Waals surface area contributed by atoms with Gasteiger partial charge in [0.2, 0.25) is 10.0 Å². The number of aliphatic hydroxyl groups excluding tert-OH is 1. The van der Waals surface area contributed by atoms with Gasteiger partial charge in [-0.25, -0.2) is 8.42 Å². The van der Waals surface area contributed by atoms with Crippen LogP contribution in [0.1, 0.15) is 42.5 Å². The topological polar surface area (TPSA) is 98.7 Å². The number of β-amino-alcohol motifs (C(OH)–C–C–N with tert-alkyl or cyclic N) is 1. The highest BCUT2D eigenvalue weighted by molar-refractivity contribution is 7.89. The van der Waals surface area contributed by atoms with E-state index in [-0.39, 0.29) is 35.2 Å². The summed E-state index contributed by atoms with van der Waals surface area (Å²) in [6.07, 6.45) is 4.65. The molecule has 1 aliphatic heterocycles. The first-order chi connectivity index (χ1) is 12.9. The summed E-state index contributed by atoms with van der Waals surface area (Å²) >= 11 is 0. The number of sulfonamides is 1. The first-order valence-electron chi connectivity index (χ1n) is 9.64. The molecule has 28 heavy (non-hydrogen) atoms. The number of carbonyl (C=O) groups excluding carboxylic acids is 1. The lowest BCUT2D eigenvalue weighted by Gasteiger charge is -2.30. The van der Waals surface area contributed by atoms with E-state index >= 15 is 0 Å². The Morgan fingerprint density at radius 3 is 2.39 bits per heavy atom. The Kier molecular flexibility index (Phi) is 8.27. The zero-order chi connectivity index (χ0) is 19.4. The summed E-state index contributed by atoms with van der Waals surface area (Å²) in [5, 5.41) is 15.7. The quantitative estimate of drug-likeness (QED) is 0.631. The Bertz CT molecular complexity index is 751. The van der Waals surface area contributed by atoms with E-state index < -0.39 is 16.1 Å². The van der Waals surface area contributed by atoms with E-state index in [9.17, 15) is 18.3 Å². The molecule has 3 rings (SSSR count). The van der Waals surface area contributed by atoms with Crippen LogP contribution in [0.15, 0.2) is 29.2 Å². The highest BCUT2D eigenvalue weighted by Gasteiger charge is 2.29. The first-order valence-corrected chi connectivity index (χ1v) is 11.1. The van der Waals surface area contributed by atoms with E-state index in [1.165, 1.54) is 22.9 Å². The van der Waals surface area contributed by atoms with E-state index in [1.54, 1.807) is 19.2 Å². The van der Waals surface area contributed by atoms with Gasteiger partial charge < -0.3 is 15.7 Å². The van der Waals surface area contributed by atoms with Gasteiger partial charge in [-0.2, -0.15) is 4.31 Å². The van der Waals surface area contributed by atoms with Gasteiger partial charge in [-0.15, -0.1) is 12.4 Å². The average Bonchev–Trinajstić information content (AvgIpc) is 3.11. The maximum Gasteiger partial charge on any atom is 0.251 e. The van der Waals surface area contributed by atoms with Crippen molar-refractivity contribution in [2.75, 3.05) is 26.7 Å². The van der Waals surface area contributed by atoms with Crippen LogP contribution < -0.4 is 10.6 Å². The van der Waals surface area contributed by atoms with Crippen molar-refractivity contribution in [2.24, 2.45) is 5.92 Å². The highest BCUT2D eigenvalue weighted by atomic mass is 35.5. The van der Waals surface area contributed by atoms with Crippen molar-refractivity contribution in [2.45, 2.75) is 49.1 Å². The first kappa shape index (κ1) is 23.1. The van der Waals surface area contributed by atoms with Gasteiger partial charge in [0, 0.05) is 44.2 Å². The zero-order valence-electron chi connectivity index (χ0n) is 16.1. The van der Waals surface area contributed by atoms with Gasteiger partial charge in [0.25, 0.3) is 5.91 Å². The summed E-state index contributed by atoms with van der Waals surface area (Å²) in [4.78, 5) is 12.5. The van der Waals surface area contributed by atoms with E-state index in [4.69, 9.17) is 0 Å². The standard InChI is InChI=1S/C19H29N3O4S.ClH/c1-22(16-5-3-2-4-6-16)27(25,26)17-9-7-14(8-10-17)19(24)21-12-15-11-20-13-18(15)23;/h7-10,15-16,18,20,23H,2-6,11-13H2,1H3,(H,21,24);1H. The smallest absolute Gasteiger partial charge is 0.251 e. The maximum absolute atomic E-state index is 12.8. The van der Waals surface area contributed by atoms with E-state index in [0.717, 1.165) is 25.7 Å². The molecule has 2 unspecified atom stereocenters. The zero-order valence-corrected chi connectivity index (χ0v) is 17.8. The van der Waals surface area contributed by atoms with Crippen molar-refractivity contribution >= 4 is 28.3 Å². The number of rotatable bonds is 6. The van der Waals surface area contributed by atoms with Gasteiger partial charge in [0.05, 0.1) is 11.0 Å². The van der Waals surface area contributed by atoms with E-state index in [1.807, 2.05) is 0 Å². The van der Waals surface area contributed by atoms with Crippen molar-refractivity contribution in [1.82, 2.24) is 14.9 Å². The molecular formula is C19H30ClN3O4S. The molecule has 1 aromatic carbocycles. The molecule has 2 atom stereocenters. The SMILES string of the molecule is CN(C1CCCCC1)S(=O)(=O)c1ccc(C(=O)NCC2CNCC2O)cc1.Cl. The van der Waals surface area contributed by atoms with Gasteiger partial charge in [-0.05, 0) is 37.1 Å². The summed E-state index contributed by atoms with van der Waals surface area (Å²) in [5.41, 5.74) is 0.412. The Labute approximate surface area is 173 Å². The lowest BCUT2D eigenvalue weighted by Crippen LogP contribution is -2.38. The molecule has 1 amide bonds. The monoisotopic (exact) mass is 431 g/mol. The number of aliphatic hydroxyl groups is 1. The molecule has 1 saturated carbocycles. The number of hydrogen-bond acceptors (Lipinski definition) is 5. The van der Waals surface area contributed by atoms with Crippen LogP contribution in [0.5, 0.6) is 0 Å². The Morgan fingerprint density at radius 2 is 1.82 bits per heavy atom. The minimum absolute atomic E-state index is 0. The number of carbonyl (C=O) groups is 1. The third-order valence-corrected chi connectivity index (χ3v) is 7.64. The van der Waals surface area contributed by atoms with Crippen LogP contribution in [-0.4, -0.2) is 62.6 Å². The summed E-state index contributed by atoms with van der Waals surface area (Å²) in [6.45, 7) is 1.60. The number of hydrogen-bond donors (Lipinski definition) is 3. The van der Waals surface area contributed by atoms with Crippen LogP contribution in [0.2, 0.25) is 0 Å². The van der Waals surface area contributed by atoms with Crippen molar-refractivity contribution < 1.29 is 18.3 Å². The molecule has 3 N–H and O–H groups in total. The van der Waals surface area contributed by atoms with Crippen LogP contribution in [0.25, 0.3) is 0 Å². The fourth-order valence-corrected chi connectivity index (χ4v) is 5.25. The lowest BCUT2D eigenvalue weighted by molar-refractivity contribution is 0.0927. The second-order valence-corrected chi connectivity index (χ2v) is 9.53. The van der Waals surface area contributed by atoms with Crippen molar-refractivity contribution in [3.8, 4) is 0 Å². The lowest BCUT2D eigenvalue weighted by atomic mass is 9.96. The third-order valence-electron chi connectivity index (χ3n) is 5.71. The molecule has 0 aromatic heterocycles. The molecular weight excluding hydrogens is 402 g/mol. The van der Waals surface area contributed by atoms with E-state index in [2.05, 4.69) is 10.6 Å². The number of amides is 1. The van der Waals surface area contributed by atoms with Gasteiger partial charge in [-0.3, -0.25) is 4.79 Å². The van der Waals surface area contributed by atoms with Crippen molar-refractivity contribution in [3.05, 3.63) is 29.8 Å². The molecule has 0 spiro atoms. The molecule has 1 saturated heterocycles. The fourth-order valence-electron chi connectivity index (χ4n) is 3.84. The van der Waals surface area contributed by atoms with Crippen LogP contribution in [0.3, 0.4) is 0 Å². The van der Waals surface area contributed by atoms with Gasteiger partial charge in [0.15, 0.2) is 0 Å². The Morgan fingerprint density at radius 1 is 1.18 bits per heavy atom. The predicted molar refractivity (Wildman–Crippen MR) is 110 cm³/mol. The van der Waals surface area contributed by atoms with Crippen molar-refractivity contribution in [1.29, 1.82) is 0 Å². The molecule has 1 heterocycles. The maximum atomic E-state index is 12.8. The minimum atomic E-state index is -3.55. The second-order valence-electron chi connectivity index (χ2n) is 7.53. The Balaban J connectivity index is 0.00000280. The molecule has 0 bridgehead atoms. The van der Waals surface area contributed by atoms with Crippen LogP contribution in [-0.2, 0) is 10.0 Å². The average molecular weight is 432 g/mol. The third kappa shape index (κ3) is 5.24.